The number of anilines is 1. The van der Waals surface area contributed by atoms with Gasteiger partial charge in [0.2, 0.25) is 0 Å². The van der Waals surface area contributed by atoms with Crippen LogP contribution in [0.5, 0.6) is 5.75 Å². The lowest BCUT2D eigenvalue weighted by molar-refractivity contribution is 0.0992. The van der Waals surface area contributed by atoms with Crippen molar-refractivity contribution in [3.8, 4) is 5.75 Å². The molecule has 0 radical (unpaired) electrons. The number of benzene rings is 1. The predicted molar refractivity (Wildman–Crippen MR) is 95.4 cm³/mol. The number of rotatable bonds is 5. The first kappa shape index (κ1) is 17.4. The van der Waals surface area contributed by atoms with E-state index >= 15 is 0 Å². The second kappa shape index (κ2) is 7.21. The fraction of sp³-hybridized carbons (Fsp3) is 0.176. The van der Waals surface area contributed by atoms with E-state index < -0.39 is 0 Å². The number of ether oxygens (including phenoxy) is 1. The molecule has 1 amide bonds. The van der Waals surface area contributed by atoms with Crippen molar-refractivity contribution < 1.29 is 13.9 Å². The van der Waals surface area contributed by atoms with Gasteiger partial charge in [-0.15, -0.1) is 0 Å². The zero-order chi connectivity index (χ0) is 18.0. The molecule has 0 fully saturated rings. The van der Waals surface area contributed by atoms with Crippen molar-refractivity contribution in [2.75, 3.05) is 5.32 Å². The Bertz CT molecular complexity index is 918. The van der Waals surface area contributed by atoms with Crippen molar-refractivity contribution in [2.24, 2.45) is 7.05 Å². The number of halogens is 2. The summed E-state index contributed by atoms with van der Waals surface area (Å²) in [7, 11) is 1.78. The van der Waals surface area contributed by atoms with Crippen LogP contribution < -0.4 is 10.1 Å². The molecule has 2 aromatic heterocycles. The van der Waals surface area contributed by atoms with E-state index in [1.165, 1.54) is 0 Å². The molecule has 6 nitrogen and oxygen atoms in total. The maximum atomic E-state index is 12.2. The summed E-state index contributed by atoms with van der Waals surface area (Å²) in [4.78, 5) is 12.2. The summed E-state index contributed by atoms with van der Waals surface area (Å²) < 4.78 is 12.7. The number of furan rings is 1. The molecule has 0 spiro atoms. The third-order valence-electron chi connectivity index (χ3n) is 3.41. The summed E-state index contributed by atoms with van der Waals surface area (Å²) in [5.41, 5.74) is 1.36. The molecule has 0 saturated carbocycles. The van der Waals surface area contributed by atoms with Gasteiger partial charge in [-0.05, 0) is 37.3 Å². The average molecular weight is 380 g/mol. The molecule has 0 saturated heterocycles. The molecule has 0 unspecified atom stereocenters. The van der Waals surface area contributed by atoms with Crippen LogP contribution in [0, 0.1) is 6.92 Å². The van der Waals surface area contributed by atoms with Crippen molar-refractivity contribution in [3.63, 3.8) is 0 Å². The van der Waals surface area contributed by atoms with E-state index in [1.807, 2.05) is 6.92 Å². The molecule has 1 N–H and O–H groups in total. The van der Waals surface area contributed by atoms with Crippen molar-refractivity contribution in [3.05, 3.63) is 63.8 Å². The summed E-state index contributed by atoms with van der Waals surface area (Å²) in [6.45, 7) is 1.95. The zero-order valence-corrected chi connectivity index (χ0v) is 15.1. The lowest BCUT2D eigenvalue weighted by Crippen LogP contribution is -2.11. The Hall–Kier alpha value is -2.44. The molecule has 0 aliphatic rings. The van der Waals surface area contributed by atoms with Gasteiger partial charge in [0.05, 0.1) is 16.4 Å². The van der Waals surface area contributed by atoms with E-state index in [-0.39, 0.29) is 18.3 Å². The molecule has 0 aliphatic heterocycles. The highest BCUT2D eigenvalue weighted by molar-refractivity contribution is 6.35. The monoisotopic (exact) mass is 379 g/mol. The first-order valence-electron chi connectivity index (χ1n) is 7.40. The smallest absolute Gasteiger partial charge is 0.291 e. The minimum absolute atomic E-state index is 0.139. The van der Waals surface area contributed by atoms with Crippen molar-refractivity contribution >= 4 is 34.8 Å². The summed E-state index contributed by atoms with van der Waals surface area (Å²) in [5, 5.41) is 7.86. The molecule has 2 heterocycles. The van der Waals surface area contributed by atoms with E-state index in [2.05, 4.69) is 10.4 Å². The van der Waals surface area contributed by atoms with Crippen LogP contribution in [0.3, 0.4) is 0 Å². The number of nitrogens with zero attached hydrogens (tertiary/aromatic N) is 2. The van der Waals surface area contributed by atoms with Crippen LogP contribution >= 0.6 is 23.2 Å². The van der Waals surface area contributed by atoms with Gasteiger partial charge in [0, 0.05) is 18.3 Å². The van der Waals surface area contributed by atoms with Crippen LogP contribution in [0.25, 0.3) is 0 Å². The first-order valence-corrected chi connectivity index (χ1v) is 8.16. The van der Waals surface area contributed by atoms with Gasteiger partial charge in [-0.3, -0.25) is 9.48 Å². The molecule has 0 bridgehead atoms. The van der Waals surface area contributed by atoms with E-state index in [4.69, 9.17) is 32.4 Å². The Morgan fingerprint density at radius 2 is 2.12 bits per heavy atom. The molecular weight excluding hydrogens is 365 g/mol. The minimum Gasteiger partial charge on any atom is -0.484 e. The summed E-state index contributed by atoms with van der Waals surface area (Å²) in [6.07, 6.45) is 1.72. The highest BCUT2D eigenvalue weighted by Gasteiger charge is 2.14. The Balaban J connectivity index is 1.63. The fourth-order valence-electron chi connectivity index (χ4n) is 2.22. The third-order valence-corrected chi connectivity index (χ3v) is 3.94. The van der Waals surface area contributed by atoms with Crippen LogP contribution in [0.4, 0.5) is 5.69 Å². The van der Waals surface area contributed by atoms with Crippen molar-refractivity contribution in [1.29, 1.82) is 0 Å². The average Bonchev–Trinajstić information content (AvgIpc) is 3.13. The first-order chi connectivity index (χ1) is 11.9. The molecule has 0 atom stereocenters. The van der Waals surface area contributed by atoms with Crippen LogP contribution in [-0.2, 0) is 13.7 Å². The summed E-state index contributed by atoms with van der Waals surface area (Å²) >= 11 is 11.9. The Morgan fingerprint density at radius 3 is 2.80 bits per heavy atom. The number of carbonyl (C=O) groups is 1. The molecule has 1 aromatic carbocycles. The molecular formula is C17H15Cl2N3O3. The van der Waals surface area contributed by atoms with E-state index in [1.54, 1.807) is 48.3 Å². The molecule has 8 heteroatoms. The lowest BCUT2D eigenvalue weighted by Gasteiger charge is -2.06. The van der Waals surface area contributed by atoms with E-state index in [0.717, 1.165) is 5.69 Å². The molecule has 0 aliphatic carbocycles. The number of carbonyl (C=O) groups excluding carboxylic acids is 1. The number of aromatic nitrogens is 2. The standard InChI is InChI=1S/C17H15Cl2N3O3/c1-10-14(8-22(2)21-10)20-17(23)16-6-4-12(25-16)9-24-15-5-3-11(18)7-13(15)19/h3-8H,9H2,1-2H3,(H,20,23). The normalized spacial score (nSPS) is 10.7. The number of nitrogens with one attached hydrogen (secondary N) is 1. The molecule has 130 valence electrons. The maximum absolute atomic E-state index is 12.2. The molecule has 3 aromatic rings. The number of hydrogen-bond acceptors (Lipinski definition) is 4. The minimum atomic E-state index is -0.355. The molecule has 25 heavy (non-hydrogen) atoms. The third kappa shape index (κ3) is 4.15. The van der Waals surface area contributed by atoms with Gasteiger partial charge in [0.15, 0.2) is 5.76 Å². The van der Waals surface area contributed by atoms with Crippen LogP contribution in [0.2, 0.25) is 10.0 Å². The number of aryl methyl sites for hydroxylation is 2. The summed E-state index contributed by atoms with van der Waals surface area (Å²) in [5.74, 6) is 0.814. The second-order valence-electron chi connectivity index (χ2n) is 5.39. The lowest BCUT2D eigenvalue weighted by atomic mass is 10.3. The largest absolute Gasteiger partial charge is 0.484 e. The second-order valence-corrected chi connectivity index (χ2v) is 6.23. The highest BCUT2D eigenvalue weighted by Crippen LogP contribution is 2.28. The highest BCUT2D eigenvalue weighted by atomic mass is 35.5. The SMILES string of the molecule is Cc1nn(C)cc1NC(=O)c1ccc(COc2ccc(Cl)cc2Cl)o1. The van der Waals surface area contributed by atoms with Gasteiger partial charge in [-0.2, -0.15) is 5.10 Å². The Labute approximate surface area is 154 Å². The van der Waals surface area contributed by atoms with Gasteiger partial charge in [0.25, 0.3) is 5.91 Å². The Kier molecular flexibility index (Phi) is 5.01. The Morgan fingerprint density at radius 1 is 1.32 bits per heavy atom. The predicted octanol–water partition coefficient (Wildman–Crippen LogP) is 4.46. The quantitative estimate of drug-likeness (QED) is 0.710. The van der Waals surface area contributed by atoms with E-state index in [9.17, 15) is 4.79 Å². The van der Waals surface area contributed by atoms with Gasteiger partial charge in [-0.25, -0.2) is 0 Å². The fourth-order valence-corrected chi connectivity index (χ4v) is 2.69. The summed E-state index contributed by atoms with van der Waals surface area (Å²) in [6, 6.07) is 8.21. The van der Waals surface area contributed by atoms with Gasteiger partial charge >= 0.3 is 0 Å². The maximum Gasteiger partial charge on any atom is 0.291 e. The molecule has 3 rings (SSSR count). The van der Waals surface area contributed by atoms with E-state index in [0.29, 0.717) is 27.2 Å². The topological polar surface area (TPSA) is 69.3 Å². The van der Waals surface area contributed by atoms with Crippen molar-refractivity contribution in [1.82, 2.24) is 9.78 Å². The van der Waals surface area contributed by atoms with Crippen molar-refractivity contribution in [2.45, 2.75) is 13.5 Å². The van der Waals surface area contributed by atoms with Gasteiger partial charge in [0.1, 0.15) is 18.1 Å². The van der Waals surface area contributed by atoms with Crippen LogP contribution in [0.1, 0.15) is 22.0 Å². The van der Waals surface area contributed by atoms with Crippen LogP contribution in [-0.4, -0.2) is 15.7 Å². The van der Waals surface area contributed by atoms with Gasteiger partial charge in [-0.1, -0.05) is 23.2 Å². The number of hydrogen-bond donors (Lipinski definition) is 1. The zero-order valence-electron chi connectivity index (χ0n) is 13.5. The van der Waals surface area contributed by atoms with Crippen LogP contribution in [0.15, 0.2) is 40.9 Å². The van der Waals surface area contributed by atoms with Gasteiger partial charge < -0.3 is 14.5 Å². The number of amides is 1.